The highest BCUT2D eigenvalue weighted by Crippen LogP contribution is 2.33. The summed E-state index contributed by atoms with van der Waals surface area (Å²) in [6.07, 6.45) is 5.13. The van der Waals surface area contributed by atoms with Crippen LogP contribution in [0.3, 0.4) is 0 Å². The van der Waals surface area contributed by atoms with Crippen LogP contribution < -0.4 is 5.32 Å². The second-order valence-electron chi connectivity index (χ2n) is 3.68. The molecule has 0 bridgehead atoms. The summed E-state index contributed by atoms with van der Waals surface area (Å²) in [6.45, 7) is 0. The lowest BCUT2D eigenvalue weighted by Crippen LogP contribution is -2.25. The number of thioether (sulfide) groups is 1. The van der Waals surface area contributed by atoms with E-state index in [-0.39, 0.29) is 0 Å². The van der Waals surface area contributed by atoms with Crippen LogP contribution in [0.1, 0.15) is 18.0 Å². The Balaban J connectivity index is 2.12. The second kappa shape index (κ2) is 4.80. The lowest BCUT2D eigenvalue weighted by atomic mass is 9.94. The van der Waals surface area contributed by atoms with E-state index in [1.165, 1.54) is 23.5 Å². The largest absolute Gasteiger partial charge is 0.313 e. The summed E-state index contributed by atoms with van der Waals surface area (Å²) in [5.74, 6) is 3.36. The fourth-order valence-corrected chi connectivity index (χ4v) is 3.35. The first kappa shape index (κ1) is 9.99. The predicted octanol–water partition coefficient (Wildman–Crippen LogP) is 2.10. The molecule has 76 valence electrons. The summed E-state index contributed by atoms with van der Waals surface area (Å²) in [4.78, 5) is 4.18. The van der Waals surface area contributed by atoms with Crippen molar-refractivity contribution in [3.8, 4) is 0 Å². The number of hydrogen-bond donors (Lipinski definition) is 1. The Morgan fingerprint density at radius 1 is 1.64 bits per heavy atom. The van der Waals surface area contributed by atoms with Gasteiger partial charge in [-0.25, -0.2) is 0 Å². The van der Waals surface area contributed by atoms with Gasteiger partial charge in [0, 0.05) is 18.4 Å². The van der Waals surface area contributed by atoms with Gasteiger partial charge >= 0.3 is 0 Å². The topological polar surface area (TPSA) is 24.9 Å². The van der Waals surface area contributed by atoms with E-state index in [1.807, 2.05) is 25.5 Å². The van der Waals surface area contributed by atoms with E-state index in [0.29, 0.717) is 6.04 Å². The Kier molecular flexibility index (Phi) is 3.43. The molecule has 0 spiro atoms. The first-order valence-corrected chi connectivity index (χ1v) is 6.22. The minimum absolute atomic E-state index is 0.485. The third-order valence-electron chi connectivity index (χ3n) is 2.79. The first-order valence-electron chi connectivity index (χ1n) is 5.06. The summed E-state index contributed by atoms with van der Waals surface area (Å²) in [5.41, 5.74) is 1.32. The first-order chi connectivity index (χ1) is 6.92. The number of nitrogens with one attached hydrogen (secondary N) is 1. The van der Waals surface area contributed by atoms with Gasteiger partial charge in [-0.2, -0.15) is 11.8 Å². The molecule has 2 rings (SSSR count). The minimum Gasteiger partial charge on any atom is -0.313 e. The van der Waals surface area contributed by atoms with Gasteiger partial charge in [0.05, 0.1) is 0 Å². The fraction of sp³-hybridized carbons (Fsp3) is 0.545. The maximum atomic E-state index is 4.18. The zero-order valence-electron chi connectivity index (χ0n) is 8.44. The van der Waals surface area contributed by atoms with Crippen LogP contribution >= 0.6 is 11.8 Å². The number of aromatic nitrogens is 1. The summed E-state index contributed by atoms with van der Waals surface area (Å²) in [6, 6.07) is 4.66. The predicted molar refractivity (Wildman–Crippen MR) is 61.5 cm³/mol. The maximum Gasteiger partial charge on any atom is 0.0369 e. The van der Waals surface area contributed by atoms with E-state index >= 15 is 0 Å². The normalized spacial score (nSPS) is 23.6. The van der Waals surface area contributed by atoms with Crippen molar-refractivity contribution in [3.05, 3.63) is 30.1 Å². The van der Waals surface area contributed by atoms with Crippen LogP contribution in [0.5, 0.6) is 0 Å². The standard InChI is InChI=1S/C11H16N2S/c1-12-11(10-4-6-14-8-10)9-3-2-5-13-7-9/h2-3,5,7,10-12H,4,6,8H2,1H3. The molecule has 3 heteroatoms. The molecule has 1 N–H and O–H groups in total. The van der Waals surface area contributed by atoms with E-state index in [4.69, 9.17) is 0 Å². The van der Waals surface area contributed by atoms with E-state index in [0.717, 1.165) is 5.92 Å². The Morgan fingerprint density at radius 3 is 3.14 bits per heavy atom. The van der Waals surface area contributed by atoms with E-state index in [9.17, 15) is 0 Å². The van der Waals surface area contributed by atoms with Crippen LogP contribution in [-0.4, -0.2) is 23.5 Å². The number of pyridine rings is 1. The number of hydrogen-bond acceptors (Lipinski definition) is 3. The molecule has 0 amide bonds. The molecule has 0 aliphatic carbocycles. The van der Waals surface area contributed by atoms with Gasteiger partial charge < -0.3 is 5.32 Å². The Hall–Kier alpha value is -0.540. The van der Waals surface area contributed by atoms with Crippen LogP contribution in [0.2, 0.25) is 0 Å². The molecule has 2 nitrogen and oxygen atoms in total. The Labute approximate surface area is 89.5 Å². The zero-order chi connectivity index (χ0) is 9.80. The third kappa shape index (κ3) is 2.10. The van der Waals surface area contributed by atoms with Crippen molar-refractivity contribution in [1.82, 2.24) is 10.3 Å². The van der Waals surface area contributed by atoms with E-state index in [2.05, 4.69) is 28.1 Å². The molecule has 0 radical (unpaired) electrons. The van der Waals surface area contributed by atoms with Gasteiger partial charge in [-0.15, -0.1) is 0 Å². The molecule has 1 aliphatic heterocycles. The highest BCUT2D eigenvalue weighted by Gasteiger charge is 2.25. The van der Waals surface area contributed by atoms with Crippen LogP contribution in [0.15, 0.2) is 24.5 Å². The lowest BCUT2D eigenvalue weighted by Gasteiger charge is -2.22. The summed E-state index contributed by atoms with van der Waals surface area (Å²) >= 11 is 2.06. The smallest absolute Gasteiger partial charge is 0.0369 e. The van der Waals surface area contributed by atoms with Crippen LogP contribution in [-0.2, 0) is 0 Å². The van der Waals surface area contributed by atoms with Gasteiger partial charge in [0.15, 0.2) is 0 Å². The number of rotatable bonds is 3. The van der Waals surface area contributed by atoms with E-state index in [1.54, 1.807) is 0 Å². The second-order valence-corrected chi connectivity index (χ2v) is 4.83. The quantitative estimate of drug-likeness (QED) is 0.823. The van der Waals surface area contributed by atoms with Crippen molar-refractivity contribution >= 4 is 11.8 Å². The maximum absolute atomic E-state index is 4.18. The molecule has 2 heterocycles. The third-order valence-corrected chi connectivity index (χ3v) is 3.98. The molecule has 1 aromatic rings. The van der Waals surface area contributed by atoms with Crippen molar-refractivity contribution in [1.29, 1.82) is 0 Å². The van der Waals surface area contributed by atoms with Crippen molar-refractivity contribution in [3.63, 3.8) is 0 Å². The molecule has 1 fully saturated rings. The van der Waals surface area contributed by atoms with E-state index < -0.39 is 0 Å². The molecule has 1 aliphatic rings. The van der Waals surface area contributed by atoms with Crippen LogP contribution in [0.25, 0.3) is 0 Å². The Morgan fingerprint density at radius 2 is 2.57 bits per heavy atom. The van der Waals surface area contributed by atoms with Gasteiger partial charge in [0.25, 0.3) is 0 Å². The van der Waals surface area contributed by atoms with Crippen LogP contribution in [0, 0.1) is 5.92 Å². The van der Waals surface area contributed by atoms with Crippen molar-refractivity contribution in [2.45, 2.75) is 12.5 Å². The highest BCUT2D eigenvalue weighted by atomic mass is 32.2. The number of nitrogens with zero attached hydrogens (tertiary/aromatic N) is 1. The molecule has 2 unspecified atom stereocenters. The molecule has 0 saturated carbocycles. The van der Waals surface area contributed by atoms with Crippen molar-refractivity contribution in [2.75, 3.05) is 18.6 Å². The molecule has 14 heavy (non-hydrogen) atoms. The minimum atomic E-state index is 0.485. The van der Waals surface area contributed by atoms with Gasteiger partial charge in [-0.1, -0.05) is 6.07 Å². The van der Waals surface area contributed by atoms with Gasteiger partial charge in [-0.05, 0) is 42.5 Å². The Bertz CT molecular complexity index is 270. The molecular weight excluding hydrogens is 192 g/mol. The van der Waals surface area contributed by atoms with Gasteiger partial charge in [0.1, 0.15) is 0 Å². The highest BCUT2D eigenvalue weighted by molar-refractivity contribution is 7.99. The monoisotopic (exact) mass is 208 g/mol. The average Bonchev–Trinajstić information content (AvgIpc) is 2.74. The summed E-state index contributed by atoms with van der Waals surface area (Å²) in [5, 5.41) is 3.41. The SMILES string of the molecule is CNC(c1cccnc1)C1CCSC1. The van der Waals surface area contributed by atoms with Crippen molar-refractivity contribution in [2.24, 2.45) is 5.92 Å². The lowest BCUT2D eigenvalue weighted by molar-refractivity contribution is 0.419. The molecule has 1 saturated heterocycles. The molecule has 0 aromatic carbocycles. The van der Waals surface area contributed by atoms with Crippen LogP contribution in [0.4, 0.5) is 0 Å². The zero-order valence-corrected chi connectivity index (χ0v) is 9.26. The summed E-state index contributed by atoms with van der Waals surface area (Å²) < 4.78 is 0. The fourth-order valence-electron chi connectivity index (χ4n) is 2.05. The molecular formula is C11H16N2S. The van der Waals surface area contributed by atoms with Gasteiger partial charge in [-0.3, -0.25) is 4.98 Å². The van der Waals surface area contributed by atoms with Crippen molar-refractivity contribution < 1.29 is 0 Å². The molecule has 1 aromatic heterocycles. The van der Waals surface area contributed by atoms with Gasteiger partial charge in [0.2, 0.25) is 0 Å². The average molecular weight is 208 g/mol. The summed E-state index contributed by atoms with van der Waals surface area (Å²) in [7, 11) is 2.04. The molecule has 2 atom stereocenters.